The van der Waals surface area contributed by atoms with E-state index in [1.165, 1.54) is 13.8 Å². The van der Waals surface area contributed by atoms with Crippen LogP contribution >= 0.6 is 0 Å². The summed E-state index contributed by atoms with van der Waals surface area (Å²) in [6.07, 6.45) is 0. The molecule has 0 atom stereocenters. The molecule has 0 spiro atoms. The number of aromatic nitrogens is 1. The second-order valence-corrected chi connectivity index (χ2v) is 4.51. The van der Waals surface area contributed by atoms with Crippen LogP contribution < -0.4 is 5.73 Å². The number of nitrogen functional groups attached to an aromatic ring is 1. The van der Waals surface area contributed by atoms with Crippen molar-refractivity contribution in [3.05, 3.63) is 45.9 Å². The molecule has 114 valence electrons. The summed E-state index contributed by atoms with van der Waals surface area (Å²) >= 11 is 0. The molecule has 1 aromatic carbocycles. The highest BCUT2D eigenvalue weighted by molar-refractivity contribution is 5.79. The van der Waals surface area contributed by atoms with Gasteiger partial charge < -0.3 is 5.73 Å². The average Bonchev–Trinajstić information content (AvgIpc) is 2.48. The van der Waals surface area contributed by atoms with Gasteiger partial charge in [0.25, 0.3) is 0 Å². The summed E-state index contributed by atoms with van der Waals surface area (Å²) in [4.78, 5) is 3.80. The maximum atomic E-state index is 14.0. The first-order valence-electron chi connectivity index (χ1n) is 5.90. The molecule has 0 radical (unpaired) electrons. The quantitative estimate of drug-likeness (QED) is 0.498. The normalized spacial score (nSPS) is 10.6. The molecule has 2 N–H and O–H groups in total. The highest BCUT2D eigenvalue weighted by atomic mass is 19.2. The zero-order valence-electron chi connectivity index (χ0n) is 11.4. The molecule has 0 saturated carbocycles. The number of nitrogens with zero attached hydrogens (tertiary/aromatic N) is 2. The standard InChI is InChI=1S/C14H8F5N3/c1-4-5(2)22-14(21)6(3-20)7(4)8-9(15)11(17)13(19)12(18)10(8)16/h1-2H3,(H2,21,22). The molecule has 8 heteroatoms. The predicted molar refractivity (Wildman–Crippen MR) is 68.1 cm³/mol. The summed E-state index contributed by atoms with van der Waals surface area (Å²) in [6.45, 7) is 2.78. The molecule has 2 rings (SSSR count). The summed E-state index contributed by atoms with van der Waals surface area (Å²) < 4.78 is 67.8. The Balaban J connectivity index is 3.06. The number of rotatable bonds is 1. The minimum absolute atomic E-state index is 0.0916. The van der Waals surface area contributed by atoms with Crippen molar-refractivity contribution < 1.29 is 22.0 Å². The van der Waals surface area contributed by atoms with Gasteiger partial charge in [-0.15, -0.1) is 0 Å². The fourth-order valence-corrected chi connectivity index (χ4v) is 2.07. The predicted octanol–water partition coefficient (Wildman–Crippen LogP) is 3.51. The third kappa shape index (κ3) is 2.06. The van der Waals surface area contributed by atoms with E-state index >= 15 is 0 Å². The van der Waals surface area contributed by atoms with Gasteiger partial charge in [0.15, 0.2) is 23.3 Å². The molecule has 0 amide bonds. The molecule has 1 heterocycles. The van der Waals surface area contributed by atoms with E-state index < -0.39 is 45.8 Å². The molecule has 3 nitrogen and oxygen atoms in total. The van der Waals surface area contributed by atoms with Crippen LogP contribution in [-0.2, 0) is 0 Å². The average molecular weight is 313 g/mol. The van der Waals surface area contributed by atoms with E-state index in [1.807, 2.05) is 0 Å². The number of halogens is 5. The van der Waals surface area contributed by atoms with Gasteiger partial charge in [0.1, 0.15) is 17.5 Å². The molecule has 0 aliphatic carbocycles. The van der Waals surface area contributed by atoms with Crippen molar-refractivity contribution in [3.8, 4) is 17.2 Å². The van der Waals surface area contributed by atoms with Crippen LogP contribution in [0.3, 0.4) is 0 Å². The van der Waals surface area contributed by atoms with Gasteiger partial charge in [0, 0.05) is 11.3 Å². The van der Waals surface area contributed by atoms with Gasteiger partial charge in [0.05, 0.1) is 5.56 Å². The summed E-state index contributed by atoms with van der Waals surface area (Å²) in [5.74, 6) is -10.9. The number of nitrogens with two attached hydrogens (primary N) is 1. The Kier molecular flexibility index (Phi) is 3.75. The summed E-state index contributed by atoms with van der Waals surface area (Å²) in [5, 5.41) is 9.07. The molecular formula is C14H8F5N3. The molecule has 0 saturated heterocycles. The summed E-state index contributed by atoms with van der Waals surface area (Å²) in [7, 11) is 0. The maximum Gasteiger partial charge on any atom is 0.200 e. The van der Waals surface area contributed by atoms with Crippen LogP contribution in [0, 0.1) is 54.3 Å². The minimum atomic E-state index is -2.27. The number of anilines is 1. The molecule has 0 aliphatic heterocycles. The lowest BCUT2D eigenvalue weighted by molar-refractivity contribution is 0.381. The number of pyridine rings is 1. The van der Waals surface area contributed by atoms with Crippen molar-refractivity contribution in [3.63, 3.8) is 0 Å². The highest BCUT2D eigenvalue weighted by Crippen LogP contribution is 2.37. The lowest BCUT2D eigenvalue weighted by Crippen LogP contribution is -2.09. The van der Waals surface area contributed by atoms with Crippen LogP contribution in [0.15, 0.2) is 0 Å². The largest absolute Gasteiger partial charge is 0.383 e. The van der Waals surface area contributed by atoms with E-state index in [1.54, 1.807) is 6.07 Å². The van der Waals surface area contributed by atoms with E-state index in [-0.39, 0.29) is 17.1 Å². The second-order valence-electron chi connectivity index (χ2n) is 4.51. The number of aryl methyl sites for hydroxylation is 1. The molecule has 1 aromatic heterocycles. The van der Waals surface area contributed by atoms with Crippen molar-refractivity contribution in [1.29, 1.82) is 5.26 Å². The van der Waals surface area contributed by atoms with Gasteiger partial charge in [-0.2, -0.15) is 5.26 Å². The fourth-order valence-electron chi connectivity index (χ4n) is 2.07. The first-order valence-corrected chi connectivity index (χ1v) is 5.90. The Hall–Kier alpha value is -2.69. The Labute approximate surface area is 121 Å². The number of hydrogen-bond acceptors (Lipinski definition) is 3. The Bertz CT molecular complexity index is 811. The van der Waals surface area contributed by atoms with Gasteiger partial charge in [-0.05, 0) is 19.4 Å². The van der Waals surface area contributed by atoms with Crippen LogP contribution in [-0.4, -0.2) is 4.98 Å². The lowest BCUT2D eigenvalue weighted by atomic mass is 9.94. The molecule has 0 fully saturated rings. The van der Waals surface area contributed by atoms with Gasteiger partial charge in [-0.1, -0.05) is 0 Å². The van der Waals surface area contributed by atoms with Crippen LogP contribution in [0.25, 0.3) is 11.1 Å². The topological polar surface area (TPSA) is 62.7 Å². The molecular weight excluding hydrogens is 305 g/mol. The first kappa shape index (κ1) is 15.7. The second kappa shape index (κ2) is 5.26. The SMILES string of the molecule is Cc1nc(N)c(C#N)c(-c2c(F)c(F)c(F)c(F)c2F)c1C. The van der Waals surface area contributed by atoms with Crippen molar-refractivity contribution in [2.75, 3.05) is 5.73 Å². The lowest BCUT2D eigenvalue weighted by Gasteiger charge is -2.15. The first-order chi connectivity index (χ1) is 10.2. The van der Waals surface area contributed by atoms with Crippen molar-refractivity contribution in [2.45, 2.75) is 13.8 Å². The Morgan fingerprint density at radius 1 is 0.864 bits per heavy atom. The van der Waals surface area contributed by atoms with Crippen LogP contribution in [0.5, 0.6) is 0 Å². The van der Waals surface area contributed by atoms with Gasteiger partial charge >= 0.3 is 0 Å². The Morgan fingerprint density at radius 3 is 1.77 bits per heavy atom. The van der Waals surface area contributed by atoms with E-state index in [9.17, 15) is 22.0 Å². The smallest absolute Gasteiger partial charge is 0.200 e. The zero-order chi connectivity index (χ0) is 16.8. The van der Waals surface area contributed by atoms with Crippen molar-refractivity contribution in [2.24, 2.45) is 0 Å². The number of benzene rings is 1. The summed E-state index contributed by atoms with van der Waals surface area (Å²) in [6, 6.07) is 1.58. The van der Waals surface area contributed by atoms with Crippen LogP contribution in [0.4, 0.5) is 27.8 Å². The molecule has 0 unspecified atom stereocenters. The number of hydrogen-bond donors (Lipinski definition) is 1. The maximum absolute atomic E-state index is 14.0. The van der Waals surface area contributed by atoms with E-state index in [0.717, 1.165) is 0 Å². The van der Waals surface area contributed by atoms with Crippen molar-refractivity contribution >= 4 is 5.82 Å². The van der Waals surface area contributed by atoms with Gasteiger partial charge in [-0.3, -0.25) is 0 Å². The van der Waals surface area contributed by atoms with Crippen LogP contribution in [0.2, 0.25) is 0 Å². The van der Waals surface area contributed by atoms with Gasteiger partial charge in [0.2, 0.25) is 5.82 Å². The highest BCUT2D eigenvalue weighted by Gasteiger charge is 2.30. The minimum Gasteiger partial charge on any atom is -0.383 e. The van der Waals surface area contributed by atoms with E-state index in [4.69, 9.17) is 11.0 Å². The van der Waals surface area contributed by atoms with Crippen LogP contribution in [0.1, 0.15) is 16.8 Å². The molecule has 0 bridgehead atoms. The molecule has 2 aromatic rings. The molecule has 0 aliphatic rings. The van der Waals surface area contributed by atoms with E-state index in [0.29, 0.717) is 0 Å². The summed E-state index contributed by atoms with van der Waals surface area (Å²) in [5.41, 5.74) is 3.70. The van der Waals surface area contributed by atoms with Crippen molar-refractivity contribution in [1.82, 2.24) is 4.98 Å². The molecule has 22 heavy (non-hydrogen) atoms. The zero-order valence-corrected chi connectivity index (χ0v) is 11.4. The van der Waals surface area contributed by atoms with Gasteiger partial charge in [-0.25, -0.2) is 26.9 Å². The third-order valence-corrected chi connectivity index (χ3v) is 3.28. The number of nitriles is 1. The third-order valence-electron chi connectivity index (χ3n) is 3.28. The Morgan fingerprint density at radius 2 is 1.32 bits per heavy atom. The van der Waals surface area contributed by atoms with E-state index in [2.05, 4.69) is 4.98 Å². The monoisotopic (exact) mass is 313 g/mol. The fraction of sp³-hybridized carbons (Fsp3) is 0.143.